The molecule has 1 rings (SSSR count). The highest BCUT2D eigenvalue weighted by atomic mass is 16.5. The lowest BCUT2D eigenvalue weighted by Crippen LogP contribution is -2.43. The van der Waals surface area contributed by atoms with Crippen molar-refractivity contribution in [3.63, 3.8) is 0 Å². The van der Waals surface area contributed by atoms with Gasteiger partial charge >= 0.3 is 0 Å². The zero-order valence-electron chi connectivity index (χ0n) is 10.7. The first kappa shape index (κ1) is 14.2. The number of likely N-dealkylation sites (tertiary alicyclic amines) is 1. The fourth-order valence-corrected chi connectivity index (χ4v) is 1.91. The molecule has 0 aromatic rings. The number of hydrogen-bond donors (Lipinski definition) is 3. The van der Waals surface area contributed by atoms with Gasteiger partial charge in [-0.1, -0.05) is 6.42 Å². The Kier molecular flexibility index (Phi) is 7.70. The predicted molar refractivity (Wildman–Crippen MR) is 69.8 cm³/mol. The number of rotatable bonds is 6. The summed E-state index contributed by atoms with van der Waals surface area (Å²) in [7, 11) is 1.67. The summed E-state index contributed by atoms with van der Waals surface area (Å²) < 4.78 is 4.94. The van der Waals surface area contributed by atoms with Crippen molar-refractivity contribution in [2.75, 3.05) is 46.4 Å². The summed E-state index contributed by atoms with van der Waals surface area (Å²) in [5.41, 5.74) is 2.56. The lowest BCUT2D eigenvalue weighted by atomic mass is 10.1. The van der Waals surface area contributed by atoms with Crippen molar-refractivity contribution >= 4 is 5.96 Å². The van der Waals surface area contributed by atoms with E-state index >= 15 is 0 Å². The van der Waals surface area contributed by atoms with Gasteiger partial charge in [0.1, 0.15) is 0 Å². The molecule has 0 aromatic heterocycles. The van der Waals surface area contributed by atoms with Gasteiger partial charge in [0.2, 0.25) is 5.96 Å². The molecule has 0 atom stereocenters. The van der Waals surface area contributed by atoms with Crippen LogP contribution < -0.4 is 16.6 Å². The maximum atomic E-state index is 5.38. The van der Waals surface area contributed by atoms with E-state index in [1.807, 2.05) is 0 Å². The van der Waals surface area contributed by atoms with E-state index in [2.05, 4.69) is 20.6 Å². The Bertz CT molecular complexity index is 216. The van der Waals surface area contributed by atoms with Crippen LogP contribution in [0.4, 0.5) is 0 Å². The summed E-state index contributed by atoms with van der Waals surface area (Å²) in [6, 6.07) is 0. The number of nitrogens with one attached hydrogen (secondary N) is 2. The molecule has 100 valence electrons. The van der Waals surface area contributed by atoms with E-state index in [1.165, 1.54) is 32.4 Å². The van der Waals surface area contributed by atoms with Crippen LogP contribution in [0, 0.1) is 0 Å². The molecule has 1 aliphatic rings. The molecule has 1 heterocycles. The largest absolute Gasteiger partial charge is 0.383 e. The number of aliphatic imine (C=N–C) groups is 1. The fraction of sp³-hybridized carbons (Fsp3) is 0.909. The molecule has 0 radical (unpaired) electrons. The monoisotopic (exact) mass is 243 g/mol. The third-order valence-corrected chi connectivity index (χ3v) is 2.87. The number of methoxy groups -OCH3 is 1. The maximum Gasteiger partial charge on any atom is 0.205 e. The Morgan fingerprint density at radius 1 is 1.35 bits per heavy atom. The van der Waals surface area contributed by atoms with E-state index in [0.29, 0.717) is 19.1 Å². The van der Waals surface area contributed by atoms with Crippen molar-refractivity contribution in [1.82, 2.24) is 15.6 Å². The van der Waals surface area contributed by atoms with Crippen molar-refractivity contribution in [3.05, 3.63) is 0 Å². The average Bonchev–Trinajstić information content (AvgIpc) is 2.38. The maximum absolute atomic E-state index is 5.38. The molecule has 0 amide bonds. The molecule has 17 heavy (non-hydrogen) atoms. The molecule has 0 saturated carbocycles. The van der Waals surface area contributed by atoms with E-state index in [-0.39, 0.29) is 0 Å². The number of piperidine rings is 1. The van der Waals surface area contributed by atoms with Gasteiger partial charge in [0.05, 0.1) is 13.2 Å². The molecule has 4 N–H and O–H groups in total. The average molecular weight is 243 g/mol. The Hall–Kier alpha value is -0.850. The van der Waals surface area contributed by atoms with Gasteiger partial charge in [0.25, 0.3) is 0 Å². The van der Waals surface area contributed by atoms with Crippen LogP contribution in [0.1, 0.15) is 19.3 Å². The Morgan fingerprint density at radius 2 is 2.12 bits per heavy atom. The third kappa shape index (κ3) is 6.45. The highest BCUT2D eigenvalue weighted by Gasteiger charge is 2.08. The lowest BCUT2D eigenvalue weighted by molar-refractivity contribution is 0.203. The highest BCUT2D eigenvalue weighted by Crippen LogP contribution is 2.07. The van der Waals surface area contributed by atoms with Crippen molar-refractivity contribution in [2.24, 2.45) is 10.8 Å². The molecule has 1 aliphatic heterocycles. The summed E-state index contributed by atoms with van der Waals surface area (Å²) in [4.78, 5) is 6.83. The van der Waals surface area contributed by atoms with Gasteiger partial charge in [-0.25, -0.2) is 5.84 Å². The number of guanidine groups is 1. The van der Waals surface area contributed by atoms with Gasteiger partial charge in [-0.05, 0) is 25.9 Å². The standard InChI is InChI=1S/C11H25N5O/c1-17-10-6-14-11(15-12)13-5-9-16-7-3-2-4-8-16/h2-10,12H2,1H3,(H2,13,14,15). The second-order valence-corrected chi connectivity index (χ2v) is 4.20. The zero-order chi connectivity index (χ0) is 12.3. The van der Waals surface area contributed by atoms with Crippen LogP contribution >= 0.6 is 0 Å². The topological polar surface area (TPSA) is 74.9 Å². The third-order valence-electron chi connectivity index (χ3n) is 2.87. The molecule has 0 unspecified atom stereocenters. The van der Waals surface area contributed by atoms with Crippen molar-refractivity contribution in [2.45, 2.75) is 19.3 Å². The molecule has 0 aliphatic carbocycles. The van der Waals surface area contributed by atoms with Crippen LogP contribution in [0.3, 0.4) is 0 Å². The van der Waals surface area contributed by atoms with Gasteiger partial charge < -0.3 is 15.0 Å². The second kappa shape index (κ2) is 9.21. The normalized spacial score (nSPS) is 18.1. The SMILES string of the molecule is COCCNC(=NCCN1CCCCC1)NN. The number of hydrogen-bond acceptors (Lipinski definition) is 4. The first-order valence-corrected chi connectivity index (χ1v) is 6.33. The van der Waals surface area contributed by atoms with E-state index in [0.717, 1.165) is 13.1 Å². The summed E-state index contributed by atoms with van der Waals surface area (Å²) in [5.74, 6) is 6.01. The molecule has 1 fully saturated rings. The Labute approximate surface area is 104 Å². The molecular formula is C11H25N5O. The Balaban J connectivity index is 2.14. The van der Waals surface area contributed by atoms with E-state index in [1.54, 1.807) is 7.11 Å². The molecule has 6 nitrogen and oxygen atoms in total. The van der Waals surface area contributed by atoms with Crippen LogP contribution in [0.25, 0.3) is 0 Å². The number of nitrogens with zero attached hydrogens (tertiary/aromatic N) is 2. The fourth-order valence-electron chi connectivity index (χ4n) is 1.91. The number of hydrazine groups is 1. The first-order valence-electron chi connectivity index (χ1n) is 6.33. The molecule has 6 heteroatoms. The summed E-state index contributed by atoms with van der Waals surface area (Å²) in [6.45, 7) is 5.56. The highest BCUT2D eigenvalue weighted by molar-refractivity contribution is 5.79. The van der Waals surface area contributed by atoms with E-state index in [4.69, 9.17) is 10.6 Å². The summed E-state index contributed by atoms with van der Waals surface area (Å²) in [6.07, 6.45) is 4.00. The van der Waals surface area contributed by atoms with Gasteiger partial charge in [0.15, 0.2) is 0 Å². The minimum absolute atomic E-state index is 0.638. The van der Waals surface area contributed by atoms with Crippen LogP contribution in [0.5, 0.6) is 0 Å². The van der Waals surface area contributed by atoms with Gasteiger partial charge in [0, 0.05) is 20.2 Å². The minimum atomic E-state index is 0.638. The van der Waals surface area contributed by atoms with Crippen LogP contribution in [0.15, 0.2) is 4.99 Å². The number of nitrogens with two attached hydrogens (primary N) is 1. The molecule has 0 aromatic carbocycles. The van der Waals surface area contributed by atoms with Gasteiger partial charge in [-0.15, -0.1) is 0 Å². The van der Waals surface area contributed by atoms with Crippen LogP contribution in [0.2, 0.25) is 0 Å². The predicted octanol–water partition coefficient (Wildman–Crippen LogP) is -0.472. The second-order valence-electron chi connectivity index (χ2n) is 4.20. The van der Waals surface area contributed by atoms with E-state index < -0.39 is 0 Å². The van der Waals surface area contributed by atoms with Crippen molar-refractivity contribution in [3.8, 4) is 0 Å². The summed E-state index contributed by atoms with van der Waals surface area (Å²) >= 11 is 0. The molecule has 0 bridgehead atoms. The molecule has 1 saturated heterocycles. The first-order chi connectivity index (χ1) is 8.36. The summed E-state index contributed by atoms with van der Waals surface area (Å²) in [5, 5.41) is 3.08. The van der Waals surface area contributed by atoms with Gasteiger partial charge in [-0.2, -0.15) is 0 Å². The molecular weight excluding hydrogens is 218 g/mol. The quantitative estimate of drug-likeness (QED) is 0.193. The Morgan fingerprint density at radius 3 is 2.76 bits per heavy atom. The molecule has 0 spiro atoms. The smallest absolute Gasteiger partial charge is 0.205 e. The van der Waals surface area contributed by atoms with Crippen LogP contribution in [-0.4, -0.2) is 57.3 Å². The van der Waals surface area contributed by atoms with Crippen molar-refractivity contribution in [1.29, 1.82) is 0 Å². The van der Waals surface area contributed by atoms with Crippen molar-refractivity contribution < 1.29 is 4.74 Å². The zero-order valence-corrected chi connectivity index (χ0v) is 10.7. The van der Waals surface area contributed by atoms with E-state index in [9.17, 15) is 0 Å². The minimum Gasteiger partial charge on any atom is -0.383 e. The van der Waals surface area contributed by atoms with Crippen LogP contribution in [-0.2, 0) is 4.74 Å². The number of ether oxygens (including phenoxy) is 1. The lowest BCUT2D eigenvalue weighted by Gasteiger charge is -2.25. The van der Waals surface area contributed by atoms with Gasteiger partial charge in [-0.3, -0.25) is 10.4 Å².